The van der Waals surface area contributed by atoms with Crippen LogP contribution in [0.5, 0.6) is 5.75 Å². The third kappa shape index (κ3) is 2.73. The molecule has 0 amide bonds. The second-order valence-electron chi connectivity index (χ2n) is 6.07. The van der Waals surface area contributed by atoms with E-state index in [1.54, 1.807) is 12.1 Å². The van der Waals surface area contributed by atoms with Crippen LogP contribution in [-0.4, -0.2) is 24.9 Å². The minimum Gasteiger partial charge on any atom is -0.503 e. The zero-order valence-corrected chi connectivity index (χ0v) is 13.8. The highest BCUT2D eigenvalue weighted by molar-refractivity contribution is 7.90. The second-order valence-corrected chi connectivity index (χ2v) is 8.49. The first-order valence-electron chi connectivity index (χ1n) is 6.87. The largest absolute Gasteiger partial charge is 0.503 e. The van der Waals surface area contributed by atoms with Crippen LogP contribution in [0, 0.1) is 0 Å². The maximum Gasteiger partial charge on any atom is 0.184 e. The van der Waals surface area contributed by atoms with Gasteiger partial charge in [0.15, 0.2) is 21.3 Å². The summed E-state index contributed by atoms with van der Waals surface area (Å²) in [5.74, 6) is 0.506. The van der Waals surface area contributed by atoms with Crippen molar-refractivity contribution in [3.05, 3.63) is 40.2 Å². The molecule has 0 spiro atoms. The molecular weight excluding hydrogens is 326 g/mol. The Kier molecular flexibility index (Phi) is 3.49. The quantitative estimate of drug-likeness (QED) is 0.924. The molecule has 0 atom stereocenters. The molecule has 1 fully saturated rings. The first kappa shape index (κ1) is 15.4. The summed E-state index contributed by atoms with van der Waals surface area (Å²) >= 11 is 5.88. The van der Waals surface area contributed by atoms with Crippen LogP contribution in [0.15, 0.2) is 27.6 Å². The predicted octanol–water partition coefficient (Wildman–Crippen LogP) is 3.08. The average molecular weight is 342 g/mol. The van der Waals surface area contributed by atoms with Gasteiger partial charge >= 0.3 is 0 Å². The van der Waals surface area contributed by atoms with E-state index in [0.29, 0.717) is 22.0 Å². The SMILES string of the molecule is CC1(c2onc(Cc3ccc(Cl)cc3S(C)(=O)=O)c2O)CC1. The van der Waals surface area contributed by atoms with Crippen molar-refractivity contribution < 1.29 is 18.0 Å². The molecule has 0 radical (unpaired) electrons. The van der Waals surface area contributed by atoms with Crippen LogP contribution < -0.4 is 0 Å². The zero-order chi connectivity index (χ0) is 16.1. The molecule has 3 rings (SSSR count). The lowest BCUT2D eigenvalue weighted by Crippen LogP contribution is -2.03. The van der Waals surface area contributed by atoms with Crippen molar-refractivity contribution in [2.75, 3.05) is 6.26 Å². The summed E-state index contributed by atoms with van der Waals surface area (Å²) in [6, 6.07) is 4.66. The van der Waals surface area contributed by atoms with Crippen molar-refractivity contribution in [3.8, 4) is 5.75 Å². The highest BCUT2D eigenvalue weighted by Crippen LogP contribution is 2.51. The van der Waals surface area contributed by atoms with Gasteiger partial charge in [-0.2, -0.15) is 0 Å². The van der Waals surface area contributed by atoms with Gasteiger partial charge in [-0.1, -0.05) is 29.7 Å². The second kappa shape index (κ2) is 4.99. The summed E-state index contributed by atoms with van der Waals surface area (Å²) in [5.41, 5.74) is 0.730. The molecule has 0 aliphatic heterocycles. The molecule has 0 saturated heterocycles. The number of hydrogen-bond donors (Lipinski definition) is 1. The van der Waals surface area contributed by atoms with E-state index in [0.717, 1.165) is 19.1 Å². The van der Waals surface area contributed by atoms with Gasteiger partial charge in [-0.3, -0.25) is 0 Å². The summed E-state index contributed by atoms with van der Waals surface area (Å²) in [5, 5.41) is 14.5. The number of nitrogens with zero attached hydrogens (tertiary/aromatic N) is 1. The van der Waals surface area contributed by atoms with Gasteiger partial charge in [0, 0.05) is 23.1 Å². The Morgan fingerprint density at radius 3 is 2.68 bits per heavy atom. The number of hydrogen-bond acceptors (Lipinski definition) is 5. The Morgan fingerprint density at radius 1 is 1.41 bits per heavy atom. The minimum absolute atomic E-state index is 0.0226. The van der Waals surface area contributed by atoms with E-state index in [4.69, 9.17) is 16.1 Å². The van der Waals surface area contributed by atoms with Gasteiger partial charge < -0.3 is 9.63 Å². The zero-order valence-electron chi connectivity index (χ0n) is 12.3. The van der Waals surface area contributed by atoms with Gasteiger partial charge in [-0.15, -0.1) is 0 Å². The molecule has 1 saturated carbocycles. The fraction of sp³-hybridized carbons (Fsp3) is 0.400. The minimum atomic E-state index is -3.42. The molecule has 0 bridgehead atoms. The summed E-state index contributed by atoms with van der Waals surface area (Å²) < 4.78 is 29.0. The molecule has 1 aromatic carbocycles. The first-order valence-corrected chi connectivity index (χ1v) is 9.14. The van der Waals surface area contributed by atoms with E-state index < -0.39 is 9.84 Å². The Labute approximate surface area is 133 Å². The van der Waals surface area contributed by atoms with Crippen LogP contribution in [0.3, 0.4) is 0 Å². The van der Waals surface area contributed by atoms with Crippen molar-refractivity contribution in [1.82, 2.24) is 5.16 Å². The van der Waals surface area contributed by atoms with E-state index >= 15 is 0 Å². The van der Waals surface area contributed by atoms with Crippen molar-refractivity contribution in [1.29, 1.82) is 0 Å². The Bertz CT molecular complexity index is 837. The van der Waals surface area contributed by atoms with Gasteiger partial charge in [0.25, 0.3) is 0 Å². The highest BCUT2D eigenvalue weighted by atomic mass is 35.5. The van der Waals surface area contributed by atoms with Gasteiger partial charge in [-0.25, -0.2) is 8.42 Å². The summed E-state index contributed by atoms with van der Waals surface area (Å²) in [7, 11) is -3.42. The number of benzene rings is 1. The maximum absolute atomic E-state index is 11.9. The number of aromatic nitrogens is 1. The molecule has 2 aromatic rings. The lowest BCUT2D eigenvalue weighted by atomic mass is 10.0. The molecule has 0 unspecified atom stereocenters. The third-order valence-electron chi connectivity index (χ3n) is 4.07. The van der Waals surface area contributed by atoms with Crippen molar-refractivity contribution in [2.45, 2.75) is 36.5 Å². The van der Waals surface area contributed by atoms with Crippen LogP contribution in [-0.2, 0) is 21.7 Å². The summed E-state index contributed by atoms with van der Waals surface area (Å²) in [6.07, 6.45) is 3.20. The van der Waals surface area contributed by atoms with Gasteiger partial charge in [0.1, 0.15) is 5.69 Å². The van der Waals surface area contributed by atoms with E-state index in [1.165, 1.54) is 6.07 Å². The fourth-order valence-electron chi connectivity index (χ4n) is 2.44. The predicted molar refractivity (Wildman–Crippen MR) is 82.1 cm³/mol. The number of aromatic hydroxyl groups is 1. The number of halogens is 1. The van der Waals surface area contributed by atoms with Gasteiger partial charge in [-0.05, 0) is 30.5 Å². The molecule has 1 heterocycles. The molecule has 7 heteroatoms. The molecule has 22 heavy (non-hydrogen) atoms. The van der Waals surface area contributed by atoms with Crippen LogP contribution in [0.25, 0.3) is 0 Å². The molecule has 118 valence electrons. The lowest BCUT2D eigenvalue weighted by molar-refractivity contribution is 0.343. The topological polar surface area (TPSA) is 80.4 Å². The molecule has 1 N–H and O–H groups in total. The average Bonchev–Trinajstić information content (AvgIpc) is 3.06. The third-order valence-corrected chi connectivity index (χ3v) is 5.48. The van der Waals surface area contributed by atoms with E-state index in [2.05, 4.69) is 5.16 Å². The van der Waals surface area contributed by atoms with Crippen LogP contribution in [0.1, 0.15) is 36.8 Å². The Hall–Kier alpha value is -1.53. The molecule has 5 nitrogen and oxygen atoms in total. The van der Waals surface area contributed by atoms with Crippen LogP contribution >= 0.6 is 11.6 Å². The molecule has 1 aromatic heterocycles. The maximum atomic E-state index is 11.9. The van der Waals surface area contributed by atoms with Crippen molar-refractivity contribution in [3.63, 3.8) is 0 Å². The number of sulfone groups is 1. The molecular formula is C15H16ClNO4S. The Balaban J connectivity index is 1.99. The van der Waals surface area contributed by atoms with E-state index in [9.17, 15) is 13.5 Å². The van der Waals surface area contributed by atoms with Crippen LogP contribution in [0.4, 0.5) is 0 Å². The summed E-state index contributed by atoms with van der Waals surface area (Å²) in [4.78, 5) is 0.140. The van der Waals surface area contributed by atoms with Gasteiger partial charge in [0.05, 0.1) is 4.90 Å². The van der Waals surface area contributed by atoms with E-state index in [-0.39, 0.29) is 22.5 Å². The fourth-order valence-corrected chi connectivity index (χ4v) is 3.64. The van der Waals surface area contributed by atoms with Crippen molar-refractivity contribution >= 4 is 21.4 Å². The smallest absolute Gasteiger partial charge is 0.184 e. The normalized spacial score (nSPS) is 16.7. The highest BCUT2D eigenvalue weighted by Gasteiger charge is 2.45. The van der Waals surface area contributed by atoms with E-state index in [1.807, 2.05) is 6.92 Å². The first-order chi connectivity index (χ1) is 10.2. The summed E-state index contributed by atoms with van der Waals surface area (Å²) in [6.45, 7) is 2.00. The van der Waals surface area contributed by atoms with Gasteiger partial charge in [0.2, 0.25) is 0 Å². The standard InChI is InChI=1S/C15H16ClNO4S/c1-15(5-6-15)14-13(18)11(17-21-14)7-9-3-4-10(16)8-12(9)22(2,19)20/h3-4,8,18H,5-7H2,1-2H3. The van der Waals surface area contributed by atoms with Crippen LogP contribution in [0.2, 0.25) is 5.02 Å². The lowest BCUT2D eigenvalue weighted by Gasteiger charge is -2.07. The molecule has 1 aliphatic rings. The molecule has 1 aliphatic carbocycles. The number of rotatable bonds is 4. The monoisotopic (exact) mass is 341 g/mol. The van der Waals surface area contributed by atoms with Crippen molar-refractivity contribution in [2.24, 2.45) is 0 Å². The Morgan fingerprint density at radius 2 is 2.09 bits per heavy atom.